The van der Waals surface area contributed by atoms with E-state index in [1.165, 1.54) is 0 Å². The van der Waals surface area contributed by atoms with E-state index in [1.807, 2.05) is 30.3 Å². The largest absolute Gasteiger partial charge is 0.320 e. The van der Waals surface area contributed by atoms with Crippen LogP contribution in [0.3, 0.4) is 0 Å². The molecule has 2 N–H and O–H groups in total. The Bertz CT molecular complexity index is 587. The van der Waals surface area contributed by atoms with Crippen LogP contribution in [0.2, 0.25) is 10.0 Å². The second kappa shape index (κ2) is 6.09. The van der Waals surface area contributed by atoms with E-state index in [-0.39, 0.29) is 6.04 Å². The summed E-state index contributed by atoms with van der Waals surface area (Å²) >= 11 is 17.9. The highest BCUT2D eigenvalue weighted by molar-refractivity contribution is 14.1. The number of benzene rings is 2. The first-order valence-corrected chi connectivity index (χ1v) is 7.78. The number of nitrogens with two attached hydrogens (primary N) is 1. The zero-order chi connectivity index (χ0) is 13.3. The minimum absolute atomic E-state index is 0.291. The summed E-state index contributed by atoms with van der Waals surface area (Å²) < 4.78 is 2.09. The molecule has 0 aromatic heterocycles. The lowest BCUT2D eigenvalue weighted by atomic mass is 10.00. The summed E-state index contributed by atoms with van der Waals surface area (Å²) in [6, 6.07) is 11.2. The van der Waals surface area contributed by atoms with E-state index in [1.54, 1.807) is 6.07 Å². The van der Waals surface area contributed by atoms with E-state index in [0.29, 0.717) is 10.0 Å². The van der Waals surface area contributed by atoms with E-state index in [9.17, 15) is 0 Å². The smallest absolute Gasteiger partial charge is 0.0643 e. The highest BCUT2D eigenvalue weighted by atomic mass is 127. The molecule has 0 saturated heterocycles. The van der Waals surface area contributed by atoms with E-state index < -0.39 is 0 Å². The number of hydrogen-bond acceptors (Lipinski definition) is 1. The Morgan fingerprint density at radius 3 is 2.56 bits per heavy atom. The van der Waals surface area contributed by atoms with Gasteiger partial charge in [-0.3, -0.25) is 0 Å². The molecule has 2 aromatic carbocycles. The van der Waals surface area contributed by atoms with Gasteiger partial charge in [-0.25, -0.2) is 0 Å². The molecule has 0 bridgehead atoms. The van der Waals surface area contributed by atoms with Gasteiger partial charge in [0.1, 0.15) is 0 Å². The SMILES string of the molecule is NC(c1cc(Br)ccc1I)c1cccc(Cl)c1Cl. The fraction of sp³-hybridized carbons (Fsp3) is 0.0769. The normalized spacial score (nSPS) is 12.5. The van der Waals surface area contributed by atoms with Crippen LogP contribution in [0.5, 0.6) is 0 Å². The molecule has 94 valence electrons. The minimum atomic E-state index is -0.291. The van der Waals surface area contributed by atoms with Crippen LogP contribution in [0, 0.1) is 3.57 Å². The van der Waals surface area contributed by atoms with Crippen molar-refractivity contribution in [2.75, 3.05) is 0 Å². The topological polar surface area (TPSA) is 26.0 Å². The lowest BCUT2D eigenvalue weighted by Gasteiger charge is -2.16. The van der Waals surface area contributed by atoms with Crippen molar-refractivity contribution in [2.45, 2.75) is 6.04 Å². The number of halogens is 4. The van der Waals surface area contributed by atoms with Crippen molar-refractivity contribution in [3.8, 4) is 0 Å². The van der Waals surface area contributed by atoms with E-state index in [0.717, 1.165) is 19.2 Å². The van der Waals surface area contributed by atoms with Crippen LogP contribution in [0.15, 0.2) is 40.9 Å². The standard InChI is InChI=1S/C13H9BrCl2IN/c14-7-4-5-11(17)9(6-7)13(18)8-2-1-3-10(15)12(8)16/h1-6,13H,18H2. The maximum Gasteiger partial charge on any atom is 0.0643 e. The summed E-state index contributed by atoms with van der Waals surface area (Å²) in [6.45, 7) is 0. The molecule has 0 aliphatic heterocycles. The zero-order valence-electron chi connectivity index (χ0n) is 9.13. The quantitative estimate of drug-likeness (QED) is 0.601. The lowest BCUT2D eigenvalue weighted by Crippen LogP contribution is -2.14. The first kappa shape index (κ1) is 14.6. The van der Waals surface area contributed by atoms with Crippen LogP contribution in [0.4, 0.5) is 0 Å². The van der Waals surface area contributed by atoms with Gasteiger partial charge in [0.2, 0.25) is 0 Å². The van der Waals surface area contributed by atoms with Crippen molar-refractivity contribution in [2.24, 2.45) is 5.73 Å². The summed E-state index contributed by atoms with van der Waals surface area (Å²) in [5.74, 6) is 0. The number of hydrogen-bond donors (Lipinski definition) is 1. The van der Waals surface area contributed by atoms with Crippen molar-refractivity contribution < 1.29 is 0 Å². The van der Waals surface area contributed by atoms with Gasteiger partial charge in [0.15, 0.2) is 0 Å². The van der Waals surface area contributed by atoms with Crippen molar-refractivity contribution in [1.29, 1.82) is 0 Å². The third-order valence-corrected chi connectivity index (χ3v) is 4.92. The van der Waals surface area contributed by atoms with Gasteiger partial charge >= 0.3 is 0 Å². The highest BCUT2D eigenvalue weighted by Crippen LogP contribution is 2.34. The molecular weight excluding hydrogens is 448 g/mol. The average molecular weight is 457 g/mol. The molecule has 0 aliphatic rings. The molecule has 2 rings (SSSR count). The van der Waals surface area contributed by atoms with Crippen molar-refractivity contribution in [1.82, 2.24) is 0 Å². The maximum absolute atomic E-state index is 6.29. The predicted molar refractivity (Wildman–Crippen MR) is 89.4 cm³/mol. The van der Waals surface area contributed by atoms with E-state index in [4.69, 9.17) is 28.9 Å². The summed E-state index contributed by atoms with van der Waals surface area (Å²) in [5, 5.41) is 1.04. The second-order valence-electron chi connectivity index (χ2n) is 3.79. The van der Waals surface area contributed by atoms with Gasteiger partial charge in [-0.15, -0.1) is 0 Å². The molecule has 0 fully saturated rings. The fourth-order valence-corrected chi connectivity index (χ4v) is 3.16. The van der Waals surface area contributed by atoms with E-state index in [2.05, 4.69) is 38.5 Å². The summed E-state index contributed by atoms with van der Waals surface area (Å²) in [4.78, 5) is 0. The van der Waals surface area contributed by atoms with Gasteiger partial charge in [-0.1, -0.05) is 51.3 Å². The Morgan fingerprint density at radius 1 is 1.11 bits per heavy atom. The Hall–Kier alpha value is 0.190. The molecule has 0 saturated carbocycles. The molecule has 0 aliphatic carbocycles. The monoisotopic (exact) mass is 455 g/mol. The van der Waals surface area contributed by atoms with Crippen LogP contribution < -0.4 is 5.73 Å². The van der Waals surface area contributed by atoms with Gasteiger partial charge in [0.05, 0.1) is 16.1 Å². The molecule has 0 spiro atoms. The second-order valence-corrected chi connectivity index (χ2v) is 6.65. The Balaban J connectivity index is 2.51. The summed E-state index contributed by atoms with van der Waals surface area (Å²) in [7, 11) is 0. The molecule has 0 amide bonds. The summed E-state index contributed by atoms with van der Waals surface area (Å²) in [6.07, 6.45) is 0. The van der Waals surface area contributed by atoms with E-state index >= 15 is 0 Å². The molecule has 2 aromatic rings. The first-order valence-electron chi connectivity index (χ1n) is 5.15. The molecule has 0 radical (unpaired) electrons. The summed E-state index contributed by atoms with van der Waals surface area (Å²) in [5.41, 5.74) is 8.14. The predicted octanol–water partition coefficient (Wildman–Crippen LogP) is 5.41. The zero-order valence-corrected chi connectivity index (χ0v) is 14.4. The van der Waals surface area contributed by atoms with Gasteiger partial charge in [-0.2, -0.15) is 0 Å². The fourth-order valence-electron chi connectivity index (χ4n) is 1.68. The van der Waals surface area contributed by atoms with Crippen LogP contribution >= 0.6 is 61.7 Å². The van der Waals surface area contributed by atoms with Crippen LogP contribution in [0.1, 0.15) is 17.2 Å². The molecule has 1 nitrogen and oxygen atoms in total. The third kappa shape index (κ3) is 3.02. The van der Waals surface area contributed by atoms with Gasteiger partial charge in [0.25, 0.3) is 0 Å². The molecule has 1 unspecified atom stereocenters. The molecule has 5 heteroatoms. The Labute approximate surface area is 138 Å². The Kier molecular flexibility index (Phi) is 4.94. The van der Waals surface area contributed by atoms with Crippen LogP contribution in [-0.2, 0) is 0 Å². The molecule has 0 heterocycles. The van der Waals surface area contributed by atoms with Gasteiger partial charge in [-0.05, 0) is 58.0 Å². The Morgan fingerprint density at radius 2 is 1.83 bits per heavy atom. The first-order chi connectivity index (χ1) is 8.50. The number of rotatable bonds is 2. The average Bonchev–Trinajstić information content (AvgIpc) is 2.35. The molecular formula is C13H9BrCl2IN. The van der Waals surface area contributed by atoms with Crippen molar-refractivity contribution in [3.05, 3.63) is 65.6 Å². The molecule has 18 heavy (non-hydrogen) atoms. The van der Waals surface area contributed by atoms with Crippen LogP contribution in [-0.4, -0.2) is 0 Å². The van der Waals surface area contributed by atoms with Gasteiger partial charge in [0, 0.05) is 8.04 Å². The lowest BCUT2D eigenvalue weighted by molar-refractivity contribution is 0.864. The third-order valence-electron chi connectivity index (χ3n) is 2.61. The molecule has 1 atom stereocenters. The maximum atomic E-state index is 6.29. The van der Waals surface area contributed by atoms with Gasteiger partial charge < -0.3 is 5.73 Å². The highest BCUT2D eigenvalue weighted by Gasteiger charge is 2.16. The van der Waals surface area contributed by atoms with Crippen molar-refractivity contribution in [3.63, 3.8) is 0 Å². The minimum Gasteiger partial charge on any atom is -0.320 e. The van der Waals surface area contributed by atoms with Crippen molar-refractivity contribution >= 4 is 61.7 Å². The van der Waals surface area contributed by atoms with Crippen LogP contribution in [0.25, 0.3) is 0 Å².